The lowest BCUT2D eigenvalue weighted by Gasteiger charge is -2.31. The number of thiazole rings is 1. The van der Waals surface area contributed by atoms with Crippen LogP contribution >= 0.6 is 11.3 Å². The third kappa shape index (κ3) is 2.12. The van der Waals surface area contributed by atoms with Gasteiger partial charge in [0.15, 0.2) is 4.21 Å². The van der Waals surface area contributed by atoms with E-state index in [1.807, 2.05) is 0 Å². The van der Waals surface area contributed by atoms with Crippen LogP contribution in [0.3, 0.4) is 0 Å². The summed E-state index contributed by atoms with van der Waals surface area (Å²) in [5.74, 6) is 2.79. The van der Waals surface area contributed by atoms with Gasteiger partial charge in [-0.25, -0.2) is 13.1 Å². The van der Waals surface area contributed by atoms with E-state index in [0.717, 1.165) is 29.6 Å². The lowest BCUT2D eigenvalue weighted by Crippen LogP contribution is -2.42. The minimum atomic E-state index is -3.57. The molecule has 5 atom stereocenters. The van der Waals surface area contributed by atoms with Gasteiger partial charge in [-0.05, 0) is 56.3 Å². The molecule has 2 bridgehead atoms. The van der Waals surface area contributed by atoms with Gasteiger partial charge >= 0.3 is 4.87 Å². The summed E-state index contributed by atoms with van der Waals surface area (Å²) in [4.78, 5) is 13.6. The van der Waals surface area contributed by atoms with Crippen LogP contribution < -0.4 is 9.60 Å². The molecule has 0 saturated heterocycles. The van der Waals surface area contributed by atoms with Crippen molar-refractivity contribution in [2.24, 2.45) is 23.7 Å². The fourth-order valence-corrected chi connectivity index (χ4v) is 7.72. The second-order valence-electron chi connectivity index (χ2n) is 6.81. The van der Waals surface area contributed by atoms with Gasteiger partial charge in [-0.1, -0.05) is 17.8 Å². The van der Waals surface area contributed by atoms with Gasteiger partial charge in [0.1, 0.15) is 0 Å². The number of hydrogen-bond acceptors (Lipinski definition) is 4. The van der Waals surface area contributed by atoms with E-state index in [-0.39, 0.29) is 15.1 Å². The van der Waals surface area contributed by atoms with Crippen molar-refractivity contribution in [1.29, 1.82) is 0 Å². The van der Waals surface area contributed by atoms with Gasteiger partial charge < -0.3 is 4.98 Å². The van der Waals surface area contributed by atoms with Crippen molar-refractivity contribution < 1.29 is 8.42 Å². The number of H-pyrrole nitrogens is 1. The number of sulfonamides is 1. The Morgan fingerprint density at radius 1 is 1.19 bits per heavy atom. The molecule has 0 aromatic carbocycles. The first-order valence-electron chi connectivity index (χ1n) is 7.68. The predicted octanol–water partition coefficient (Wildman–Crippen LogP) is 1.85. The van der Waals surface area contributed by atoms with Crippen molar-refractivity contribution >= 4 is 21.4 Å². The standard InChI is InChI=1S/C14H20N2O3S2/c1-7-13(20-14(17)15-7)21(18,19)16-12-6-8-5-11(12)10-4-2-3-9(8)10/h8-12,16H,2-6H2,1H3,(H,15,17). The van der Waals surface area contributed by atoms with Crippen molar-refractivity contribution in [3.05, 3.63) is 15.4 Å². The average Bonchev–Trinajstić information content (AvgIpc) is 3.09. The van der Waals surface area contributed by atoms with Gasteiger partial charge in [-0.15, -0.1) is 0 Å². The molecule has 1 aromatic heterocycles. The summed E-state index contributed by atoms with van der Waals surface area (Å²) in [6, 6.07) is 0.0657. The number of fused-ring (bicyclic) bond motifs is 5. The Morgan fingerprint density at radius 3 is 2.67 bits per heavy atom. The highest BCUT2D eigenvalue weighted by atomic mass is 32.2. The van der Waals surface area contributed by atoms with E-state index in [9.17, 15) is 13.2 Å². The van der Waals surface area contributed by atoms with Crippen LogP contribution in [0.1, 0.15) is 37.8 Å². The maximum absolute atomic E-state index is 12.5. The Labute approximate surface area is 128 Å². The Hall–Kier alpha value is -0.660. The summed E-state index contributed by atoms with van der Waals surface area (Å²) in [6.45, 7) is 1.64. The molecule has 116 valence electrons. The van der Waals surface area contributed by atoms with Crippen LogP contribution in [-0.4, -0.2) is 19.4 Å². The van der Waals surface area contributed by atoms with Crippen LogP contribution in [0.15, 0.2) is 9.00 Å². The van der Waals surface area contributed by atoms with E-state index in [1.54, 1.807) is 6.92 Å². The molecule has 3 fully saturated rings. The molecule has 3 aliphatic carbocycles. The van der Waals surface area contributed by atoms with Gasteiger partial charge in [0.05, 0.1) is 0 Å². The van der Waals surface area contributed by atoms with E-state index in [0.29, 0.717) is 17.5 Å². The second-order valence-corrected chi connectivity index (χ2v) is 9.70. The fraction of sp³-hybridized carbons (Fsp3) is 0.786. The van der Waals surface area contributed by atoms with E-state index in [4.69, 9.17) is 0 Å². The van der Waals surface area contributed by atoms with E-state index >= 15 is 0 Å². The smallest absolute Gasteiger partial charge is 0.305 e. The third-order valence-electron chi connectivity index (χ3n) is 5.76. The maximum Gasteiger partial charge on any atom is 0.305 e. The number of hydrogen-bond donors (Lipinski definition) is 2. The molecule has 0 amide bonds. The third-order valence-corrected chi connectivity index (χ3v) is 8.86. The summed E-state index contributed by atoms with van der Waals surface area (Å²) in [7, 11) is -3.57. The molecule has 2 N–H and O–H groups in total. The van der Waals surface area contributed by atoms with Gasteiger partial charge in [-0.3, -0.25) is 4.79 Å². The van der Waals surface area contributed by atoms with Gasteiger partial charge in [-0.2, -0.15) is 0 Å². The molecule has 3 aliphatic rings. The molecule has 21 heavy (non-hydrogen) atoms. The molecule has 7 heteroatoms. The van der Waals surface area contributed by atoms with Crippen LogP contribution in [0.4, 0.5) is 0 Å². The lowest BCUT2D eigenvalue weighted by molar-refractivity contribution is 0.224. The maximum atomic E-state index is 12.5. The molecule has 3 saturated carbocycles. The van der Waals surface area contributed by atoms with Crippen LogP contribution in [0.2, 0.25) is 0 Å². The van der Waals surface area contributed by atoms with Crippen molar-refractivity contribution in [3.63, 3.8) is 0 Å². The van der Waals surface area contributed by atoms with Crippen molar-refractivity contribution in [3.8, 4) is 0 Å². The van der Waals surface area contributed by atoms with Crippen LogP contribution in [0.25, 0.3) is 0 Å². The van der Waals surface area contributed by atoms with Crippen molar-refractivity contribution in [1.82, 2.24) is 9.71 Å². The van der Waals surface area contributed by atoms with Crippen molar-refractivity contribution in [2.75, 3.05) is 0 Å². The number of aromatic nitrogens is 1. The Bertz CT molecular complexity index is 721. The summed E-state index contributed by atoms with van der Waals surface area (Å²) in [6.07, 6.45) is 6.07. The molecule has 5 unspecified atom stereocenters. The minimum absolute atomic E-state index is 0.0657. The minimum Gasteiger partial charge on any atom is -0.315 e. The Morgan fingerprint density at radius 2 is 1.95 bits per heavy atom. The highest BCUT2D eigenvalue weighted by Crippen LogP contribution is 2.58. The summed E-state index contributed by atoms with van der Waals surface area (Å²) in [5.41, 5.74) is 0.444. The van der Waals surface area contributed by atoms with E-state index in [1.165, 1.54) is 25.7 Å². The zero-order valence-electron chi connectivity index (χ0n) is 12.0. The van der Waals surface area contributed by atoms with E-state index in [2.05, 4.69) is 9.71 Å². The van der Waals surface area contributed by atoms with Crippen LogP contribution in [0, 0.1) is 30.6 Å². The summed E-state index contributed by atoms with van der Waals surface area (Å²) >= 11 is 0.783. The molecule has 1 aromatic rings. The number of rotatable bonds is 3. The first kappa shape index (κ1) is 14.0. The monoisotopic (exact) mass is 328 g/mol. The summed E-state index contributed by atoms with van der Waals surface area (Å²) < 4.78 is 28.1. The lowest BCUT2D eigenvalue weighted by atomic mass is 9.79. The first-order chi connectivity index (χ1) is 9.95. The number of aromatic amines is 1. The molecule has 0 spiro atoms. The Balaban J connectivity index is 1.57. The SMILES string of the molecule is Cc1[nH]c(=O)sc1S(=O)(=O)NC1CC2CC1C1CCCC21. The highest BCUT2D eigenvalue weighted by molar-refractivity contribution is 7.91. The molecular formula is C14H20N2O3S2. The topological polar surface area (TPSA) is 79.0 Å². The second kappa shape index (κ2) is 4.67. The van der Waals surface area contributed by atoms with Gasteiger partial charge in [0.2, 0.25) is 0 Å². The molecule has 1 heterocycles. The van der Waals surface area contributed by atoms with Gasteiger partial charge in [0, 0.05) is 11.7 Å². The quantitative estimate of drug-likeness (QED) is 0.889. The predicted molar refractivity (Wildman–Crippen MR) is 80.8 cm³/mol. The first-order valence-corrected chi connectivity index (χ1v) is 9.98. The van der Waals surface area contributed by atoms with E-state index < -0.39 is 10.0 Å². The number of aryl methyl sites for hydroxylation is 1. The summed E-state index contributed by atoms with van der Waals surface area (Å²) in [5, 5.41) is 0. The zero-order valence-corrected chi connectivity index (χ0v) is 13.6. The number of nitrogens with one attached hydrogen (secondary N) is 2. The molecule has 0 radical (unpaired) electrons. The molecule has 4 rings (SSSR count). The Kier molecular flexibility index (Phi) is 3.10. The van der Waals surface area contributed by atoms with Crippen LogP contribution in [0.5, 0.6) is 0 Å². The zero-order chi connectivity index (χ0) is 14.8. The van der Waals surface area contributed by atoms with Crippen LogP contribution in [-0.2, 0) is 10.0 Å². The normalized spacial score (nSPS) is 38.0. The van der Waals surface area contributed by atoms with Gasteiger partial charge in [0.25, 0.3) is 10.0 Å². The molecule has 5 nitrogen and oxygen atoms in total. The molecule has 0 aliphatic heterocycles. The van der Waals surface area contributed by atoms with Crippen molar-refractivity contribution in [2.45, 2.75) is 49.3 Å². The highest BCUT2D eigenvalue weighted by Gasteiger charge is 2.54. The average molecular weight is 328 g/mol. The molecular weight excluding hydrogens is 308 g/mol. The largest absolute Gasteiger partial charge is 0.315 e. The fourth-order valence-electron chi connectivity index (χ4n) is 5.10.